The lowest BCUT2D eigenvalue weighted by molar-refractivity contribution is -0.125. The van der Waals surface area contributed by atoms with Crippen molar-refractivity contribution in [1.82, 2.24) is 5.32 Å². The molecule has 0 bridgehead atoms. The van der Waals surface area contributed by atoms with Gasteiger partial charge in [-0.15, -0.1) is 0 Å². The summed E-state index contributed by atoms with van der Waals surface area (Å²) >= 11 is 0. The van der Waals surface area contributed by atoms with Crippen LogP contribution in [0.5, 0.6) is 0 Å². The zero-order valence-corrected chi connectivity index (χ0v) is 12.2. The molecule has 0 aliphatic rings. The Labute approximate surface area is 125 Å². The first-order chi connectivity index (χ1) is 10.2. The van der Waals surface area contributed by atoms with Gasteiger partial charge in [0.25, 0.3) is 0 Å². The molecule has 2 aromatic rings. The van der Waals surface area contributed by atoms with Crippen molar-refractivity contribution in [3.8, 4) is 0 Å². The lowest BCUT2D eigenvalue weighted by Gasteiger charge is -2.19. The van der Waals surface area contributed by atoms with Crippen molar-refractivity contribution in [1.29, 1.82) is 0 Å². The summed E-state index contributed by atoms with van der Waals surface area (Å²) in [6, 6.07) is 19.1. The smallest absolute Gasteiger partial charge is 0.223 e. The first-order valence-corrected chi connectivity index (χ1v) is 7.21. The minimum atomic E-state index is -0.350. The summed E-state index contributed by atoms with van der Waals surface area (Å²) < 4.78 is 0. The lowest BCUT2D eigenvalue weighted by Crippen LogP contribution is -2.35. The molecular weight excluding hydrogens is 262 g/mol. The van der Waals surface area contributed by atoms with Crippen LogP contribution in [0.3, 0.4) is 0 Å². The Morgan fingerprint density at radius 1 is 1.05 bits per heavy atom. The fourth-order valence-corrected chi connectivity index (χ4v) is 2.29. The largest absolute Gasteiger partial charge is 0.394 e. The summed E-state index contributed by atoms with van der Waals surface area (Å²) in [6.07, 6.45) is 0.694. The van der Waals surface area contributed by atoms with E-state index in [0.717, 1.165) is 11.1 Å². The zero-order chi connectivity index (χ0) is 15.1. The van der Waals surface area contributed by atoms with Crippen molar-refractivity contribution in [3.05, 3.63) is 71.8 Å². The van der Waals surface area contributed by atoms with Gasteiger partial charge in [-0.1, -0.05) is 67.6 Å². The van der Waals surface area contributed by atoms with Crippen molar-refractivity contribution >= 4 is 5.91 Å². The van der Waals surface area contributed by atoms with Gasteiger partial charge in [-0.2, -0.15) is 0 Å². The van der Waals surface area contributed by atoms with E-state index in [0.29, 0.717) is 6.42 Å². The van der Waals surface area contributed by atoms with Gasteiger partial charge in [-0.3, -0.25) is 4.79 Å². The van der Waals surface area contributed by atoms with Crippen molar-refractivity contribution in [3.63, 3.8) is 0 Å². The highest BCUT2D eigenvalue weighted by molar-refractivity contribution is 5.79. The highest BCUT2D eigenvalue weighted by Gasteiger charge is 2.18. The fraction of sp³-hybridized carbons (Fsp3) is 0.278. The fourth-order valence-electron chi connectivity index (χ4n) is 2.29. The average molecular weight is 283 g/mol. The van der Waals surface area contributed by atoms with E-state index in [1.165, 1.54) is 0 Å². The van der Waals surface area contributed by atoms with Crippen LogP contribution in [0, 0.1) is 5.92 Å². The molecule has 0 heterocycles. The molecule has 0 saturated carbocycles. The van der Waals surface area contributed by atoms with Gasteiger partial charge in [0.2, 0.25) is 5.91 Å². The van der Waals surface area contributed by atoms with Crippen LogP contribution in [0.1, 0.15) is 24.1 Å². The van der Waals surface area contributed by atoms with Gasteiger partial charge in [-0.05, 0) is 17.5 Å². The Hall–Kier alpha value is -2.13. The number of carbonyl (C=O) groups is 1. The number of aliphatic hydroxyl groups is 1. The molecule has 2 aromatic carbocycles. The van der Waals surface area contributed by atoms with E-state index in [9.17, 15) is 9.90 Å². The standard InChI is InChI=1S/C18H21NO2/c1-14(12-15-8-4-2-5-9-15)18(21)19-17(13-20)16-10-6-3-7-11-16/h2-11,14,17,20H,12-13H2,1H3,(H,19,21). The van der Waals surface area contributed by atoms with Gasteiger partial charge in [-0.25, -0.2) is 0 Å². The number of amides is 1. The van der Waals surface area contributed by atoms with Crippen LogP contribution in [0.15, 0.2) is 60.7 Å². The number of carbonyl (C=O) groups excluding carboxylic acids is 1. The molecule has 0 radical (unpaired) electrons. The second-order valence-corrected chi connectivity index (χ2v) is 5.25. The molecule has 0 aromatic heterocycles. The summed E-state index contributed by atoms with van der Waals surface area (Å²) in [5, 5.41) is 12.4. The molecule has 2 atom stereocenters. The first kappa shape index (κ1) is 15.3. The number of hydrogen-bond donors (Lipinski definition) is 2. The van der Waals surface area contributed by atoms with E-state index < -0.39 is 0 Å². The molecule has 0 aliphatic heterocycles. The third-order valence-electron chi connectivity index (χ3n) is 3.53. The number of rotatable bonds is 6. The maximum absolute atomic E-state index is 12.3. The summed E-state index contributed by atoms with van der Waals surface area (Å²) in [6.45, 7) is 1.80. The molecule has 21 heavy (non-hydrogen) atoms. The summed E-state index contributed by atoms with van der Waals surface area (Å²) in [5.74, 6) is -0.174. The molecule has 2 rings (SSSR count). The Kier molecular flexibility index (Phi) is 5.52. The molecule has 2 N–H and O–H groups in total. The molecule has 3 heteroatoms. The number of benzene rings is 2. The minimum Gasteiger partial charge on any atom is -0.394 e. The maximum Gasteiger partial charge on any atom is 0.223 e. The molecular formula is C18H21NO2. The second-order valence-electron chi connectivity index (χ2n) is 5.25. The number of nitrogens with one attached hydrogen (secondary N) is 1. The Morgan fingerprint density at radius 3 is 2.19 bits per heavy atom. The van der Waals surface area contributed by atoms with Crippen LogP contribution in [-0.2, 0) is 11.2 Å². The monoisotopic (exact) mass is 283 g/mol. The van der Waals surface area contributed by atoms with Crippen molar-refractivity contribution in [2.24, 2.45) is 5.92 Å². The molecule has 2 unspecified atom stereocenters. The quantitative estimate of drug-likeness (QED) is 0.856. The maximum atomic E-state index is 12.3. The molecule has 0 spiro atoms. The van der Waals surface area contributed by atoms with Gasteiger partial charge < -0.3 is 10.4 Å². The predicted octanol–water partition coefficient (Wildman–Crippen LogP) is 2.72. The normalized spacial score (nSPS) is 13.4. The first-order valence-electron chi connectivity index (χ1n) is 7.21. The van der Waals surface area contributed by atoms with Gasteiger partial charge in [0.15, 0.2) is 0 Å². The Morgan fingerprint density at radius 2 is 1.62 bits per heavy atom. The highest BCUT2D eigenvalue weighted by Crippen LogP contribution is 2.14. The lowest BCUT2D eigenvalue weighted by atomic mass is 9.99. The summed E-state index contributed by atoms with van der Waals surface area (Å²) in [7, 11) is 0. The molecule has 0 saturated heterocycles. The summed E-state index contributed by atoms with van der Waals surface area (Å²) in [4.78, 5) is 12.3. The SMILES string of the molecule is CC(Cc1ccccc1)C(=O)NC(CO)c1ccccc1. The van der Waals surface area contributed by atoms with Gasteiger partial charge in [0.1, 0.15) is 0 Å². The van der Waals surface area contributed by atoms with Gasteiger partial charge in [0.05, 0.1) is 12.6 Å². The van der Waals surface area contributed by atoms with Gasteiger partial charge in [0, 0.05) is 5.92 Å². The molecule has 3 nitrogen and oxygen atoms in total. The zero-order valence-electron chi connectivity index (χ0n) is 12.2. The van der Waals surface area contributed by atoms with Crippen LogP contribution >= 0.6 is 0 Å². The third kappa shape index (κ3) is 4.43. The molecule has 0 fully saturated rings. The van der Waals surface area contributed by atoms with Crippen molar-refractivity contribution in [2.75, 3.05) is 6.61 Å². The van der Waals surface area contributed by atoms with E-state index in [4.69, 9.17) is 0 Å². The van der Waals surface area contributed by atoms with Crippen LogP contribution in [0.4, 0.5) is 0 Å². The van der Waals surface area contributed by atoms with Gasteiger partial charge >= 0.3 is 0 Å². The summed E-state index contributed by atoms with van der Waals surface area (Å²) in [5.41, 5.74) is 2.06. The van der Waals surface area contributed by atoms with E-state index in [2.05, 4.69) is 5.32 Å². The average Bonchev–Trinajstić information content (AvgIpc) is 2.54. The van der Waals surface area contributed by atoms with Crippen LogP contribution in [-0.4, -0.2) is 17.6 Å². The molecule has 1 amide bonds. The van der Waals surface area contributed by atoms with E-state index >= 15 is 0 Å². The Balaban J connectivity index is 1.96. The third-order valence-corrected chi connectivity index (χ3v) is 3.53. The van der Waals surface area contributed by atoms with Crippen LogP contribution in [0.2, 0.25) is 0 Å². The van der Waals surface area contributed by atoms with Crippen molar-refractivity contribution < 1.29 is 9.90 Å². The topological polar surface area (TPSA) is 49.3 Å². The molecule has 110 valence electrons. The van der Waals surface area contributed by atoms with Crippen LogP contribution in [0.25, 0.3) is 0 Å². The van der Waals surface area contributed by atoms with E-state index in [1.807, 2.05) is 67.6 Å². The van der Waals surface area contributed by atoms with E-state index in [1.54, 1.807) is 0 Å². The predicted molar refractivity (Wildman–Crippen MR) is 83.7 cm³/mol. The number of hydrogen-bond acceptors (Lipinski definition) is 2. The minimum absolute atomic E-state index is 0.0400. The van der Waals surface area contributed by atoms with Crippen LogP contribution < -0.4 is 5.32 Å². The number of aliphatic hydroxyl groups excluding tert-OH is 1. The van der Waals surface area contributed by atoms with Crippen molar-refractivity contribution in [2.45, 2.75) is 19.4 Å². The molecule has 0 aliphatic carbocycles. The Bertz CT molecular complexity index is 554. The van der Waals surface area contributed by atoms with E-state index in [-0.39, 0.29) is 24.5 Å². The highest BCUT2D eigenvalue weighted by atomic mass is 16.3. The second kappa shape index (κ2) is 7.60.